The van der Waals surface area contributed by atoms with E-state index in [9.17, 15) is 17.6 Å². The molecular weight excluding hydrogens is 319 g/mol. The minimum atomic E-state index is -3.89. The van der Waals surface area contributed by atoms with Crippen molar-refractivity contribution in [1.82, 2.24) is 9.62 Å². The summed E-state index contributed by atoms with van der Waals surface area (Å²) in [5.41, 5.74) is 0.669. The Kier molecular flexibility index (Phi) is 5.41. The molecule has 5 nitrogen and oxygen atoms in total. The number of rotatable bonds is 4. The number of nitrogens with one attached hydrogen (secondary N) is 1. The van der Waals surface area contributed by atoms with E-state index in [4.69, 9.17) is 0 Å². The summed E-state index contributed by atoms with van der Waals surface area (Å²) in [5, 5.41) is 2.86. The summed E-state index contributed by atoms with van der Waals surface area (Å²) < 4.78 is 40.6. The molecule has 1 aliphatic rings. The molecule has 23 heavy (non-hydrogen) atoms. The molecule has 1 aromatic rings. The lowest BCUT2D eigenvalue weighted by Gasteiger charge is -2.32. The van der Waals surface area contributed by atoms with E-state index >= 15 is 0 Å². The standard InChI is InChI=1S/C16H23FN2O3S/c1-11(2)16(20)18-13-5-4-8-19(10-13)23(21,22)15-7-6-12(3)9-14(15)17/h6-7,9,11,13H,4-5,8,10H2,1-3H3,(H,18,20). The molecule has 1 unspecified atom stereocenters. The van der Waals surface area contributed by atoms with Crippen LogP contribution in [0, 0.1) is 18.7 Å². The number of carbonyl (C=O) groups excluding carboxylic acids is 1. The van der Waals surface area contributed by atoms with Gasteiger partial charge in [0.05, 0.1) is 0 Å². The number of aryl methyl sites for hydroxylation is 1. The zero-order chi connectivity index (χ0) is 17.2. The smallest absolute Gasteiger partial charge is 0.246 e. The predicted molar refractivity (Wildman–Crippen MR) is 85.9 cm³/mol. The summed E-state index contributed by atoms with van der Waals surface area (Å²) >= 11 is 0. The Morgan fingerprint density at radius 2 is 2.09 bits per heavy atom. The quantitative estimate of drug-likeness (QED) is 0.911. The predicted octanol–water partition coefficient (Wildman–Crippen LogP) is 2.06. The zero-order valence-electron chi connectivity index (χ0n) is 13.7. The van der Waals surface area contributed by atoms with E-state index in [-0.39, 0.29) is 29.3 Å². The lowest BCUT2D eigenvalue weighted by Crippen LogP contribution is -2.50. The van der Waals surface area contributed by atoms with Crippen molar-refractivity contribution in [3.63, 3.8) is 0 Å². The van der Waals surface area contributed by atoms with Crippen LogP contribution in [-0.2, 0) is 14.8 Å². The number of amides is 1. The fraction of sp³-hybridized carbons (Fsp3) is 0.562. The van der Waals surface area contributed by atoms with Crippen LogP contribution in [0.4, 0.5) is 4.39 Å². The van der Waals surface area contributed by atoms with Gasteiger partial charge in [-0.15, -0.1) is 0 Å². The van der Waals surface area contributed by atoms with Gasteiger partial charge in [-0.05, 0) is 37.5 Å². The third-order valence-electron chi connectivity index (χ3n) is 3.96. The fourth-order valence-electron chi connectivity index (χ4n) is 2.60. The summed E-state index contributed by atoms with van der Waals surface area (Å²) in [7, 11) is -3.89. The lowest BCUT2D eigenvalue weighted by atomic mass is 10.1. The Labute approximate surface area is 136 Å². The Bertz CT molecular complexity index is 689. The van der Waals surface area contributed by atoms with Gasteiger partial charge in [0.2, 0.25) is 15.9 Å². The van der Waals surface area contributed by atoms with Crippen molar-refractivity contribution in [1.29, 1.82) is 0 Å². The van der Waals surface area contributed by atoms with Gasteiger partial charge >= 0.3 is 0 Å². The topological polar surface area (TPSA) is 66.5 Å². The summed E-state index contributed by atoms with van der Waals surface area (Å²) in [5.74, 6) is -0.995. The van der Waals surface area contributed by atoms with E-state index in [0.717, 1.165) is 6.42 Å². The molecule has 0 radical (unpaired) electrons. The van der Waals surface area contributed by atoms with E-state index in [0.29, 0.717) is 18.5 Å². The highest BCUT2D eigenvalue weighted by Crippen LogP contribution is 2.23. The van der Waals surface area contributed by atoms with Crippen molar-refractivity contribution in [3.05, 3.63) is 29.6 Å². The van der Waals surface area contributed by atoms with E-state index in [2.05, 4.69) is 5.32 Å². The van der Waals surface area contributed by atoms with Crippen LogP contribution in [0.25, 0.3) is 0 Å². The van der Waals surface area contributed by atoms with Crippen molar-refractivity contribution in [2.45, 2.75) is 44.6 Å². The second kappa shape index (κ2) is 6.97. The molecule has 1 fully saturated rings. The van der Waals surface area contributed by atoms with Gasteiger partial charge in [0.15, 0.2) is 0 Å². The lowest BCUT2D eigenvalue weighted by molar-refractivity contribution is -0.124. The maximum absolute atomic E-state index is 14.0. The number of nitrogens with zero attached hydrogens (tertiary/aromatic N) is 1. The Morgan fingerprint density at radius 1 is 1.39 bits per heavy atom. The average Bonchev–Trinajstić information content (AvgIpc) is 2.47. The van der Waals surface area contributed by atoms with E-state index in [1.807, 2.05) is 0 Å². The molecule has 0 aliphatic carbocycles. The second-order valence-corrected chi connectivity index (χ2v) is 8.21. The third-order valence-corrected chi connectivity index (χ3v) is 5.86. The van der Waals surface area contributed by atoms with Crippen molar-refractivity contribution in [3.8, 4) is 0 Å². The van der Waals surface area contributed by atoms with E-state index < -0.39 is 15.8 Å². The molecule has 0 aromatic heterocycles. The SMILES string of the molecule is Cc1ccc(S(=O)(=O)N2CCCC(NC(=O)C(C)C)C2)c(F)c1. The summed E-state index contributed by atoms with van der Waals surface area (Å²) in [6, 6.07) is 3.87. The van der Waals surface area contributed by atoms with Crippen LogP contribution >= 0.6 is 0 Å². The molecule has 128 valence electrons. The molecule has 7 heteroatoms. The second-order valence-electron chi connectivity index (χ2n) is 6.30. The van der Waals surface area contributed by atoms with Gasteiger partial charge in [0.1, 0.15) is 10.7 Å². The van der Waals surface area contributed by atoms with Crippen molar-refractivity contribution in [2.24, 2.45) is 5.92 Å². The number of sulfonamides is 1. The Morgan fingerprint density at radius 3 is 2.70 bits per heavy atom. The first kappa shape index (κ1) is 17.9. The highest BCUT2D eigenvalue weighted by Gasteiger charge is 2.32. The van der Waals surface area contributed by atoms with Crippen LogP contribution in [-0.4, -0.2) is 37.8 Å². The zero-order valence-corrected chi connectivity index (χ0v) is 14.5. The van der Waals surface area contributed by atoms with Crippen LogP contribution in [0.15, 0.2) is 23.1 Å². The van der Waals surface area contributed by atoms with Gasteiger partial charge in [-0.2, -0.15) is 4.31 Å². The fourth-order valence-corrected chi connectivity index (χ4v) is 4.17. The number of benzene rings is 1. The molecule has 1 amide bonds. The number of carbonyl (C=O) groups is 1. The monoisotopic (exact) mass is 342 g/mol. The first-order valence-electron chi connectivity index (χ1n) is 7.78. The first-order valence-corrected chi connectivity index (χ1v) is 9.22. The minimum absolute atomic E-state index is 0.101. The van der Waals surface area contributed by atoms with Crippen LogP contribution in [0.1, 0.15) is 32.3 Å². The number of piperidine rings is 1. The Hall–Kier alpha value is -1.47. The molecule has 1 atom stereocenters. The van der Waals surface area contributed by atoms with Crippen LogP contribution < -0.4 is 5.32 Å². The molecule has 1 aliphatic heterocycles. The molecular formula is C16H23FN2O3S. The van der Waals surface area contributed by atoms with Crippen LogP contribution in [0.3, 0.4) is 0 Å². The van der Waals surface area contributed by atoms with Crippen LogP contribution in [0.5, 0.6) is 0 Å². The van der Waals surface area contributed by atoms with Gasteiger partial charge < -0.3 is 5.32 Å². The molecule has 0 saturated carbocycles. The number of hydrogen-bond acceptors (Lipinski definition) is 3. The molecule has 1 heterocycles. The van der Waals surface area contributed by atoms with Crippen LogP contribution in [0.2, 0.25) is 0 Å². The number of hydrogen-bond donors (Lipinski definition) is 1. The highest BCUT2D eigenvalue weighted by atomic mass is 32.2. The third kappa shape index (κ3) is 4.09. The normalized spacial score (nSPS) is 19.8. The van der Waals surface area contributed by atoms with E-state index in [1.54, 1.807) is 26.8 Å². The molecule has 0 bridgehead atoms. The van der Waals surface area contributed by atoms with Crippen molar-refractivity contribution in [2.75, 3.05) is 13.1 Å². The maximum Gasteiger partial charge on any atom is 0.246 e. The largest absolute Gasteiger partial charge is 0.352 e. The molecule has 1 N–H and O–H groups in total. The molecule has 1 saturated heterocycles. The summed E-state index contributed by atoms with van der Waals surface area (Å²) in [4.78, 5) is 11.5. The van der Waals surface area contributed by atoms with Gasteiger partial charge in [0, 0.05) is 25.0 Å². The maximum atomic E-state index is 14.0. The summed E-state index contributed by atoms with van der Waals surface area (Å²) in [6.45, 7) is 5.79. The van der Waals surface area contributed by atoms with Crippen molar-refractivity contribution >= 4 is 15.9 Å². The first-order chi connectivity index (χ1) is 10.7. The number of halogens is 1. The van der Waals surface area contributed by atoms with Gasteiger partial charge in [-0.1, -0.05) is 19.9 Å². The van der Waals surface area contributed by atoms with Gasteiger partial charge in [0.25, 0.3) is 0 Å². The van der Waals surface area contributed by atoms with Crippen molar-refractivity contribution < 1.29 is 17.6 Å². The highest BCUT2D eigenvalue weighted by molar-refractivity contribution is 7.89. The van der Waals surface area contributed by atoms with Gasteiger partial charge in [-0.25, -0.2) is 12.8 Å². The van der Waals surface area contributed by atoms with Gasteiger partial charge in [-0.3, -0.25) is 4.79 Å². The Balaban J connectivity index is 2.18. The molecule has 0 spiro atoms. The average molecular weight is 342 g/mol. The molecule has 1 aromatic carbocycles. The minimum Gasteiger partial charge on any atom is -0.352 e. The van der Waals surface area contributed by atoms with E-state index in [1.165, 1.54) is 16.4 Å². The summed E-state index contributed by atoms with van der Waals surface area (Å²) in [6.07, 6.45) is 1.36. The molecule has 2 rings (SSSR count).